The predicted molar refractivity (Wildman–Crippen MR) is 65.5 cm³/mol. The normalized spacial score (nSPS) is 25.9. The lowest BCUT2D eigenvalue weighted by molar-refractivity contribution is -0.137. The highest BCUT2D eigenvalue weighted by Gasteiger charge is 2.18. The molecule has 1 saturated carbocycles. The number of carbonyl (C=O) groups is 1. The smallest absolute Gasteiger partial charge is 0.304 e. The molecule has 1 aliphatic carbocycles. The van der Waals surface area contributed by atoms with Gasteiger partial charge >= 0.3 is 5.97 Å². The molecule has 0 saturated heterocycles. The minimum Gasteiger partial charge on any atom is -0.481 e. The van der Waals surface area contributed by atoms with Crippen LogP contribution in [0.15, 0.2) is 0 Å². The summed E-state index contributed by atoms with van der Waals surface area (Å²) in [5.74, 6) is 1.07. The molecule has 1 fully saturated rings. The molecule has 16 heavy (non-hydrogen) atoms. The van der Waals surface area contributed by atoms with Crippen LogP contribution in [0, 0.1) is 11.8 Å². The van der Waals surface area contributed by atoms with Gasteiger partial charge in [-0.3, -0.25) is 4.79 Å². The van der Waals surface area contributed by atoms with E-state index in [4.69, 9.17) is 5.11 Å². The molecule has 0 aromatic carbocycles. The molecule has 3 nitrogen and oxygen atoms in total. The molecule has 0 bridgehead atoms. The number of aliphatic carboxylic acids is 1. The maximum atomic E-state index is 10.4. The van der Waals surface area contributed by atoms with Gasteiger partial charge in [-0.15, -0.1) is 0 Å². The Morgan fingerprint density at radius 1 is 1.38 bits per heavy atom. The summed E-state index contributed by atoms with van der Waals surface area (Å²) in [5, 5.41) is 8.59. The minimum absolute atomic E-state index is 0.261. The predicted octanol–water partition coefficient (Wildman–Crippen LogP) is 2.61. The summed E-state index contributed by atoms with van der Waals surface area (Å²) >= 11 is 0. The van der Waals surface area contributed by atoms with Crippen LogP contribution >= 0.6 is 0 Å². The highest BCUT2D eigenvalue weighted by atomic mass is 16.4. The first kappa shape index (κ1) is 13.5. The number of carboxylic acid groups (broad SMARTS) is 1. The molecular formula is C13H25NO2. The average Bonchev–Trinajstić information content (AvgIpc) is 2.23. The Labute approximate surface area is 98.8 Å². The summed E-state index contributed by atoms with van der Waals surface area (Å²) in [5.41, 5.74) is 0. The molecule has 3 heteroatoms. The van der Waals surface area contributed by atoms with Gasteiger partial charge in [0.1, 0.15) is 0 Å². The van der Waals surface area contributed by atoms with Gasteiger partial charge in [-0.2, -0.15) is 0 Å². The lowest BCUT2D eigenvalue weighted by Crippen LogP contribution is -2.25. The van der Waals surface area contributed by atoms with Crippen LogP contribution in [0.3, 0.4) is 0 Å². The van der Waals surface area contributed by atoms with E-state index in [9.17, 15) is 4.79 Å². The van der Waals surface area contributed by atoms with E-state index in [1.54, 1.807) is 0 Å². The van der Waals surface area contributed by atoms with Gasteiger partial charge in [-0.25, -0.2) is 0 Å². The van der Waals surface area contributed by atoms with E-state index in [0.29, 0.717) is 6.54 Å². The van der Waals surface area contributed by atoms with Gasteiger partial charge in [0.25, 0.3) is 0 Å². The van der Waals surface area contributed by atoms with Crippen molar-refractivity contribution in [2.24, 2.45) is 11.8 Å². The van der Waals surface area contributed by atoms with E-state index in [1.165, 1.54) is 32.1 Å². The van der Waals surface area contributed by atoms with Crippen molar-refractivity contribution in [3.8, 4) is 0 Å². The lowest BCUT2D eigenvalue weighted by atomic mass is 9.81. The van der Waals surface area contributed by atoms with Crippen molar-refractivity contribution in [3.05, 3.63) is 0 Å². The largest absolute Gasteiger partial charge is 0.481 e. The maximum absolute atomic E-state index is 10.4. The SMILES string of the molecule is CC1CCCC(CCN(C)CCC(=O)O)C1. The van der Waals surface area contributed by atoms with Gasteiger partial charge < -0.3 is 10.0 Å². The third-order valence-electron chi connectivity index (χ3n) is 3.67. The molecule has 1 aliphatic rings. The van der Waals surface area contributed by atoms with E-state index < -0.39 is 5.97 Å². The standard InChI is InChI=1S/C13H25NO2/c1-11-4-3-5-12(10-11)6-8-14(2)9-7-13(15)16/h11-12H,3-10H2,1-2H3,(H,15,16). The van der Waals surface area contributed by atoms with E-state index in [-0.39, 0.29) is 6.42 Å². The molecule has 1 N–H and O–H groups in total. The monoisotopic (exact) mass is 227 g/mol. The second-order valence-electron chi connectivity index (χ2n) is 5.37. The molecule has 0 amide bonds. The summed E-state index contributed by atoms with van der Waals surface area (Å²) in [6.07, 6.45) is 7.01. The fourth-order valence-electron chi connectivity index (χ4n) is 2.62. The Hall–Kier alpha value is -0.570. The van der Waals surface area contributed by atoms with Crippen molar-refractivity contribution < 1.29 is 9.90 Å². The van der Waals surface area contributed by atoms with Gasteiger partial charge in [0.15, 0.2) is 0 Å². The van der Waals surface area contributed by atoms with E-state index in [2.05, 4.69) is 11.8 Å². The highest BCUT2D eigenvalue weighted by molar-refractivity contribution is 5.66. The molecule has 0 radical (unpaired) electrons. The number of carboxylic acids is 1. The Morgan fingerprint density at radius 2 is 2.12 bits per heavy atom. The zero-order valence-electron chi connectivity index (χ0n) is 10.6. The zero-order chi connectivity index (χ0) is 12.0. The topological polar surface area (TPSA) is 40.5 Å². The first-order chi connectivity index (χ1) is 7.58. The molecule has 0 heterocycles. The summed E-state index contributed by atoms with van der Waals surface area (Å²) in [7, 11) is 2.02. The Balaban J connectivity index is 2.10. The van der Waals surface area contributed by atoms with Gasteiger partial charge in [0, 0.05) is 6.54 Å². The molecule has 94 valence electrons. The van der Waals surface area contributed by atoms with Crippen LogP contribution in [0.25, 0.3) is 0 Å². The van der Waals surface area contributed by atoms with Gasteiger partial charge in [0.2, 0.25) is 0 Å². The van der Waals surface area contributed by atoms with Crippen LogP contribution < -0.4 is 0 Å². The van der Waals surface area contributed by atoms with E-state index in [0.717, 1.165) is 18.4 Å². The van der Waals surface area contributed by atoms with Crippen molar-refractivity contribution in [1.82, 2.24) is 4.90 Å². The summed E-state index contributed by atoms with van der Waals surface area (Å²) in [6.45, 7) is 4.07. The molecule has 1 rings (SSSR count). The second-order valence-corrected chi connectivity index (χ2v) is 5.37. The number of nitrogens with zero attached hydrogens (tertiary/aromatic N) is 1. The molecular weight excluding hydrogens is 202 g/mol. The fourth-order valence-corrected chi connectivity index (χ4v) is 2.62. The van der Waals surface area contributed by atoms with Crippen molar-refractivity contribution in [2.75, 3.05) is 20.1 Å². The first-order valence-electron chi connectivity index (χ1n) is 6.48. The van der Waals surface area contributed by atoms with Crippen LogP contribution in [0.4, 0.5) is 0 Å². The molecule has 2 unspecified atom stereocenters. The van der Waals surface area contributed by atoms with Crippen molar-refractivity contribution >= 4 is 5.97 Å². The average molecular weight is 227 g/mol. The highest BCUT2D eigenvalue weighted by Crippen LogP contribution is 2.30. The maximum Gasteiger partial charge on any atom is 0.304 e. The number of rotatable bonds is 6. The number of hydrogen-bond acceptors (Lipinski definition) is 2. The third-order valence-corrected chi connectivity index (χ3v) is 3.67. The van der Waals surface area contributed by atoms with Crippen LogP contribution in [0.1, 0.15) is 45.4 Å². The fraction of sp³-hybridized carbons (Fsp3) is 0.923. The van der Waals surface area contributed by atoms with Gasteiger partial charge in [0.05, 0.1) is 6.42 Å². The first-order valence-corrected chi connectivity index (χ1v) is 6.48. The van der Waals surface area contributed by atoms with Crippen molar-refractivity contribution in [3.63, 3.8) is 0 Å². The Kier molecular flexibility index (Phi) is 5.81. The zero-order valence-corrected chi connectivity index (χ0v) is 10.6. The van der Waals surface area contributed by atoms with Crippen molar-refractivity contribution in [1.29, 1.82) is 0 Å². The summed E-state index contributed by atoms with van der Waals surface area (Å²) < 4.78 is 0. The van der Waals surface area contributed by atoms with Gasteiger partial charge in [-0.1, -0.05) is 26.2 Å². The van der Waals surface area contributed by atoms with Crippen LogP contribution in [0.5, 0.6) is 0 Å². The summed E-state index contributed by atoms with van der Waals surface area (Å²) in [6, 6.07) is 0. The lowest BCUT2D eigenvalue weighted by Gasteiger charge is -2.28. The van der Waals surface area contributed by atoms with Crippen molar-refractivity contribution in [2.45, 2.75) is 45.4 Å². The molecule has 0 aromatic heterocycles. The van der Waals surface area contributed by atoms with Crippen LogP contribution in [-0.4, -0.2) is 36.1 Å². The summed E-state index contributed by atoms with van der Waals surface area (Å²) in [4.78, 5) is 12.6. The quantitative estimate of drug-likeness (QED) is 0.758. The second kappa shape index (κ2) is 6.89. The molecule has 2 atom stereocenters. The minimum atomic E-state index is -0.696. The molecule has 0 spiro atoms. The Bertz CT molecular complexity index is 218. The van der Waals surface area contributed by atoms with E-state index in [1.807, 2.05) is 7.05 Å². The molecule has 0 aliphatic heterocycles. The van der Waals surface area contributed by atoms with Crippen LogP contribution in [0.2, 0.25) is 0 Å². The van der Waals surface area contributed by atoms with E-state index >= 15 is 0 Å². The molecule has 0 aromatic rings. The number of hydrogen-bond donors (Lipinski definition) is 1. The van der Waals surface area contributed by atoms with Gasteiger partial charge in [-0.05, 0) is 38.3 Å². The Morgan fingerprint density at radius 3 is 2.75 bits per heavy atom. The van der Waals surface area contributed by atoms with Crippen LogP contribution in [-0.2, 0) is 4.79 Å². The third kappa shape index (κ3) is 5.50.